The van der Waals surface area contributed by atoms with Gasteiger partial charge in [0.05, 0.1) is 5.75 Å². The van der Waals surface area contributed by atoms with E-state index in [0.717, 1.165) is 36.6 Å². The molecule has 16 nitrogen and oxygen atoms in total. The number of carboxylic acid groups (broad SMARTS) is 1. The van der Waals surface area contributed by atoms with Crippen LogP contribution < -0.4 is 37.3 Å². The first-order chi connectivity index (χ1) is 26.9. The monoisotopic (exact) mass is 809 g/mol. The first-order valence-electron chi connectivity index (χ1n) is 19.4. The fourth-order valence-electron chi connectivity index (χ4n) is 7.54. The molecule has 17 heteroatoms. The number of aromatic nitrogens is 1. The number of amides is 6. The Hall–Kier alpha value is -5.19. The van der Waals surface area contributed by atoms with Crippen LogP contribution in [0.15, 0.2) is 48.8 Å². The highest BCUT2D eigenvalue weighted by atomic mass is 32.2. The third-order valence-corrected chi connectivity index (χ3v) is 11.9. The van der Waals surface area contributed by atoms with Crippen molar-refractivity contribution >= 4 is 58.9 Å². The molecular formula is C40H57N8O8S+. The van der Waals surface area contributed by atoms with Crippen molar-refractivity contribution in [1.82, 2.24) is 26.2 Å². The Morgan fingerprint density at radius 2 is 1.49 bits per heavy atom. The number of nitrogens with two attached hydrogens (primary N) is 2. The van der Waals surface area contributed by atoms with Crippen LogP contribution in [0.25, 0.3) is 0 Å². The van der Waals surface area contributed by atoms with Crippen molar-refractivity contribution in [3.63, 3.8) is 0 Å². The van der Waals surface area contributed by atoms with Crippen molar-refractivity contribution in [3.8, 4) is 0 Å². The van der Waals surface area contributed by atoms with Crippen LogP contribution in [-0.4, -0.2) is 98.7 Å². The highest BCUT2D eigenvalue weighted by Gasteiger charge is 2.45. The molecule has 2 heterocycles. The second-order valence-corrected chi connectivity index (χ2v) is 17.2. The number of aryl methyl sites for hydroxylation is 1. The van der Waals surface area contributed by atoms with Crippen molar-refractivity contribution in [1.29, 1.82) is 0 Å². The predicted octanol–water partition coefficient (Wildman–Crippen LogP) is 0.491. The van der Waals surface area contributed by atoms with E-state index in [1.54, 1.807) is 61.0 Å². The molecule has 2 aromatic rings. The normalized spacial score (nSPS) is 18.0. The topological polar surface area (TPSA) is 247 Å². The maximum Gasteiger partial charge on any atom is 0.313 e. The van der Waals surface area contributed by atoms with Gasteiger partial charge in [-0.1, -0.05) is 31.4 Å². The number of anilines is 1. The number of pyridine rings is 1. The predicted molar refractivity (Wildman–Crippen MR) is 214 cm³/mol. The van der Waals surface area contributed by atoms with E-state index < -0.39 is 76.4 Å². The van der Waals surface area contributed by atoms with E-state index in [1.807, 2.05) is 13.2 Å². The lowest BCUT2D eigenvalue weighted by Crippen LogP contribution is -2.63. The van der Waals surface area contributed by atoms with Crippen molar-refractivity contribution in [3.05, 3.63) is 59.9 Å². The summed E-state index contributed by atoms with van der Waals surface area (Å²) in [6.45, 7) is 4.79. The molecule has 1 aromatic carbocycles. The number of primary amides is 1. The molecule has 57 heavy (non-hydrogen) atoms. The number of rotatable bonds is 18. The van der Waals surface area contributed by atoms with Gasteiger partial charge in [0.1, 0.15) is 37.3 Å². The summed E-state index contributed by atoms with van der Waals surface area (Å²) >= 11 is 0.951. The summed E-state index contributed by atoms with van der Waals surface area (Å²) in [5.74, 6) is -5.36. The molecule has 0 radical (unpaired) electrons. The fraction of sp³-hybridized carbons (Fsp3) is 0.550. The molecule has 2 fully saturated rings. The second kappa shape index (κ2) is 20.3. The summed E-state index contributed by atoms with van der Waals surface area (Å²) in [7, 11) is 1.81. The number of nitrogen functional groups attached to an aromatic ring is 1. The Morgan fingerprint density at radius 1 is 0.860 bits per heavy atom. The van der Waals surface area contributed by atoms with Gasteiger partial charge in [-0.05, 0) is 69.2 Å². The summed E-state index contributed by atoms with van der Waals surface area (Å²) in [4.78, 5) is 94.7. The zero-order chi connectivity index (χ0) is 41.9. The number of hydrogen-bond donors (Lipinski definition) is 7. The third kappa shape index (κ3) is 12.9. The lowest BCUT2D eigenvalue weighted by molar-refractivity contribution is -0.671. The highest BCUT2D eigenvalue weighted by molar-refractivity contribution is 8.01. The minimum absolute atomic E-state index is 0.000471. The SMILES string of the molecule is CC(=O)N[C@@H](Cc1ccc(N)cc1)C(=O)N[C@H](C(=O)N[C@@H](Cc1ccc[n+](C)c1)C(=O)N[C@H](C(=O)N1CCC[C@H]1C(N)=O)C(C)(C)SCC(=O)O)C1CCCCC1. The zero-order valence-electron chi connectivity index (χ0n) is 33.1. The number of carbonyl (C=O) groups excluding carboxylic acids is 6. The van der Waals surface area contributed by atoms with Crippen LogP contribution in [0.5, 0.6) is 0 Å². The van der Waals surface area contributed by atoms with Crippen molar-refractivity contribution in [2.24, 2.45) is 18.7 Å². The highest BCUT2D eigenvalue weighted by Crippen LogP contribution is 2.32. The van der Waals surface area contributed by atoms with Gasteiger partial charge in [0.25, 0.3) is 0 Å². The van der Waals surface area contributed by atoms with Crippen molar-refractivity contribution in [2.45, 2.75) is 114 Å². The molecule has 4 rings (SSSR count). The van der Waals surface area contributed by atoms with Crippen LogP contribution >= 0.6 is 11.8 Å². The van der Waals surface area contributed by atoms with Crippen LogP contribution in [0.3, 0.4) is 0 Å². The first kappa shape index (κ1) is 44.5. The van der Waals surface area contributed by atoms with Crippen molar-refractivity contribution in [2.75, 3.05) is 18.0 Å². The number of hydrogen-bond acceptors (Lipinski definition) is 9. The Morgan fingerprint density at radius 3 is 2.11 bits per heavy atom. The number of carboxylic acids is 1. The van der Waals surface area contributed by atoms with E-state index >= 15 is 0 Å². The van der Waals surface area contributed by atoms with E-state index in [1.165, 1.54) is 11.8 Å². The Kier molecular flexibility index (Phi) is 15.9. The fourth-order valence-corrected chi connectivity index (χ4v) is 8.36. The quantitative estimate of drug-likeness (QED) is 0.0812. The minimum Gasteiger partial charge on any atom is -0.481 e. The number of likely N-dealkylation sites (tertiary alicyclic amines) is 1. The molecule has 1 aliphatic heterocycles. The number of carbonyl (C=O) groups is 7. The van der Waals surface area contributed by atoms with E-state index in [4.69, 9.17) is 11.5 Å². The van der Waals surface area contributed by atoms with Gasteiger partial charge in [-0.15, -0.1) is 11.8 Å². The number of nitrogens with one attached hydrogen (secondary N) is 4. The van der Waals surface area contributed by atoms with E-state index in [-0.39, 0.29) is 31.1 Å². The summed E-state index contributed by atoms with van der Waals surface area (Å²) in [5, 5.41) is 20.8. The van der Waals surface area contributed by atoms with Crippen LogP contribution in [0.1, 0.15) is 76.8 Å². The second-order valence-electron chi connectivity index (χ2n) is 15.5. The molecule has 1 aliphatic carbocycles. The molecule has 1 saturated carbocycles. The molecule has 310 valence electrons. The molecule has 6 amide bonds. The van der Waals surface area contributed by atoms with Crippen LogP contribution in [0.2, 0.25) is 0 Å². The van der Waals surface area contributed by atoms with Gasteiger partial charge in [0.2, 0.25) is 35.4 Å². The van der Waals surface area contributed by atoms with Gasteiger partial charge in [-0.25, -0.2) is 4.57 Å². The van der Waals surface area contributed by atoms with Gasteiger partial charge in [0, 0.05) is 48.4 Å². The van der Waals surface area contributed by atoms with Gasteiger partial charge >= 0.3 is 5.97 Å². The summed E-state index contributed by atoms with van der Waals surface area (Å²) < 4.78 is 0.598. The lowest BCUT2D eigenvalue weighted by Gasteiger charge is -2.37. The number of thioether (sulfide) groups is 1. The Balaban J connectivity index is 1.67. The van der Waals surface area contributed by atoms with E-state index in [9.17, 15) is 38.7 Å². The summed E-state index contributed by atoms with van der Waals surface area (Å²) in [5.41, 5.74) is 13.5. The van der Waals surface area contributed by atoms with Crippen LogP contribution in [-0.2, 0) is 53.5 Å². The molecule has 0 bridgehead atoms. The average molecular weight is 810 g/mol. The number of benzene rings is 1. The largest absolute Gasteiger partial charge is 0.481 e. The van der Waals surface area contributed by atoms with E-state index in [0.29, 0.717) is 36.9 Å². The number of aliphatic carboxylic acids is 1. The average Bonchev–Trinajstić information content (AvgIpc) is 3.66. The molecule has 0 spiro atoms. The minimum atomic E-state index is -1.32. The molecule has 0 unspecified atom stereocenters. The molecule has 1 aromatic heterocycles. The lowest BCUT2D eigenvalue weighted by atomic mass is 9.83. The maximum absolute atomic E-state index is 14.5. The Bertz CT molecular complexity index is 1780. The zero-order valence-corrected chi connectivity index (χ0v) is 33.9. The van der Waals surface area contributed by atoms with Gasteiger partial charge < -0.3 is 42.7 Å². The molecular weight excluding hydrogens is 753 g/mol. The summed E-state index contributed by atoms with van der Waals surface area (Å²) in [6, 6.07) is 4.93. The van der Waals surface area contributed by atoms with Gasteiger partial charge in [-0.3, -0.25) is 33.6 Å². The third-order valence-electron chi connectivity index (χ3n) is 10.5. The number of nitrogens with zero attached hydrogens (tertiary/aromatic N) is 2. The standard InChI is InChI=1S/C40H56N8O8S/c1-24(49)43-29(20-25-14-16-28(41)17-15-25)36(53)45-33(27-11-6-5-7-12-27)38(55)44-30(21-26-10-8-18-47(4)22-26)37(54)46-34(40(2,3)57-23-32(50)51)39(56)48-19-9-13-31(48)35(42)52/h8,10,14-18,22,27,29-31,33-34H,5-7,9,11-13,19-21,23,41H2,1-4H3,(H6-,42,43,44,45,46,49,50,51,52,53,54,55)/p+1/t29-,30-,31-,33-,34+/m0/s1. The molecule has 9 N–H and O–H groups in total. The first-order valence-corrected chi connectivity index (χ1v) is 20.4. The van der Waals surface area contributed by atoms with E-state index in [2.05, 4.69) is 21.3 Å². The molecule has 5 atom stereocenters. The molecule has 1 saturated heterocycles. The van der Waals surface area contributed by atoms with Gasteiger partial charge in [-0.2, -0.15) is 0 Å². The summed E-state index contributed by atoms with van der Waals surface area (Å²) in [6.07, 6.45) is 8.55. The Labute approximate surface area is 337 Å². The van der Waals surface area contributed by atoms with Crippen LogP contribution in [0.4, 0.5) is 5.69 Å². The van der Waals surface area contributed by atoms with Gasteiger partial charge in [0.15, 0.2) is 12.4 Å². The maximum atomic E-state index is 14.5. The smallest absolute Gasteiger partial charge is 0.313 e. The molecule has 2 aliphatic rings. The van der Waals surface area contributed by atoms with Crippen LogP contribution in [0, 0.1) is 5.92 Å². The van der Waals surface area contributed by atoms with Crippen molar-refractivity contribution < 1.29 is 43.2 Å².